The summed E-state index contributed by atoms with van der Waals surface area (Å²) in [5.41, 5.74) is -0.725. The minimum absolute atomic E-state index is 0.190. The molecule has 0 aliphatic heterocycles. The first-order valence-corrected chi connectivity index (χ1v) is 7.90. The summed E-state index contributed by atoms with van der Waals surface area (Å²) in [7, 11) is 2.81. The van der Waals surface area contributed by atoms with Crippen molar-refractivity contribution in [2.45, 2.75) is 58.7 Å². The average molecular weight is 346 g/mol. The third-order valence-corrected chi connectivity index (χ3v) is 3.41. The molecule has 0 aliphatic carbocycles. The van der Waals surface area contributed by atoms with E-state index in [-0.39, 0.29) is 5.92 Å². The van der Waals surface area contributed by atoms with Crippen molar-refractivity contribution in [2.24, 2.45) is 5.92 Å². The molecule has 8 heteroatoms. The van der Waals surface area contributed by atoms with Crippen molar-refractivity contribution in [1.82, 2.24) is 10.6 Å². The first-order chi connectivity index (χ1) is 11.0. The monoisotopic (exact) mass is 346 g/mol. The molecule has 140 valence electrons. The van der Waals surface area contributed by atoms with Gasteiger partial charge in [0.1, 0.15) is 17.7 Å². The SMILES string of the molecule is COCCC(C)(C)OC(=O)N[C@H](C(=O)N[C@@H](C)C(=O)OC)C(C)C. The number of ether oxygens (including phenoxy) is 3. The van der Waals surface area contributed by atoms with E-state index in [1.165, 1.54) is 14.0 Å². The summed E-state index contributed by atoms with van der Waals surface area (Å²) in [6.07, 6.45) is -0.176. The van der Waals surface area contributed by atoms with Crippen molar-refractivity contribution in [1.29, 1.82) is 0 Å². The average Bonchev–Trinajstić information content (AvgIpc) is 2.48. The van der Waals surface area contributed by atoms with Crippen LogP contribution in [0.2, 0.25) is 0 Å². The number of esters is 1. The van der Waals surface area contributed by atoms with Crippen LogP contribution < -0.4 is 10.6 Å². The van der Waals surface area contributed by atoms with E-state index in [1.807, 2.05) is 0 Å². The maximum Gasteiger partial charge on any atom is 0.408 e. The van der Waals surface area contributed by atoms with E-state index in [0.29, 0.717) is 13.0 Å². The number of alkyl carbamates (subject to hydrolysis) is 1. The van der Waals surface area contributed by atoms with Gasteiger partial charge in [0.15, 0.2) is 0 Å². The molecular formula is C16H30N2O6. The van der Waals surface area contributed by atoms with Crippen molar-refractivity contribution < 1.29 is 28.6 Å². The molecule has 0 saturated heterocycles. The Morgan fingerprint density at radius 3 is 2.08 bits per heavy atom. The van der Waals surface area contributed by atoms with Gasteiger partial charge in [0.2, 0.25) is 5.91 Å². The maximum absolute atomic E-state index is 12.3. The molecule has 0 fully saturated rings. The third kappa shape index (κ3) is 8.14. The molecule has 2 amide bonds. The molecule has 0 radical (unpaired) electrons. The summed E-state index contributed by atoms with van der Waals surface area (Å²) in [5.74, 6) is -1.23. The number of amides is 2. The maximum atomic E-state index is 12.3. The Morgan fingerprint density at radius 1 is 1.04 bits per heavy atom. The van der Waals surface area contributed by atoms with Gasteiger partial charge in [0.05, 0.1) is 7.11 Å². The van der Waals surface area contributed by atoms with E-state index < -0.39 is 35.7 Å². The Kier molecular flexibility index (Phi) is 9.35. The molecule has 8 nitrogen and oxygen atoms in total. The van der Waals surface area contributed by atoms with Gasteiger partial charge in [-0.2, -0.15) is 0 Å². The Balaban J connectivity index is 4.75. The van der Waals surface area contributed by atoms with Crippen LogP contribution in [0.5, 0.6) is 0 Å². The number of hydrogen-bond donors (Lipinski definition) is 2. The lowest BCUT2D eigenvalue weighted by atomic mass is 10.0. The number of hydrogen-bond acceptors (Lipinski definition) is 6. The van der Waals surface area contributed by atoms with E-state index in [9.17, 15) is 14.4 Å². The van der Waals surface area contributed by atoms with Crippen LogP contribution in [0.4, 0.5) is 4.79 Å². The molecule has 0 bridgehead atoms. The minimum atomic E-state index is -0.831. The summed E-state index contributed by atoms with van der Waals surface area (Å²) in [5, 5.41) is 5.06. The van der Waals surface area contributed by atoms with Gasteiger partial charge in [-0.1, -0.05) is 13.8 Å². The molecule has 0 heterocycles. The smallest absolute Gasteiger partial charge is 0.408 e. The van der Waals surface area contributed by atoms with Crippen LogP contribution >= 0.6 is 0 Å². The van der Waals surface area contributed by atoms with Gasteiger partial charge in [0, 0.05) is 20.1 Å². The van der Waals surface area contributed by atoms with Gasteiger partial charge >= 0.3 is 12.1 Å². The molecule has 0 saturated carbocycles. The molecule has 0 rings (SSSR count). The van der Waals surface area contributed by atoms with Crippen molar-refractivity contribution >= 4 is 18.0 Å². The molecule has 0 aliphatic rings. The van der Waals surface area contributed by atoms with Crippen molar-refractivity contribution in [3.8, 4) is 0 Å². The van der Waals surface area contributed by atoms with Crippen LogP contribution in [-0.2, 0) is 23.8 Å². The molecule has 2 N–H and O–H groups in total. The number of nitrogens with one attached hydrogen (secondary N) is 2. The standard InChI is InChI=1S/C16H30N2O6/c1-10(2)12(13(19)17-11(3)14(20)23-7)18-15(21)24-16(4,5)8-9-22-6/h10-12H,8-9H2,1-7H3,(H,17,19)(H,18,21)/t11-,12-/m0/s1. The number of methoxy groups -OCH3 is 2. The van der Waals surface area contributed by atoms with E-state index in [2.05, 4.69) is 15.4 Å². The van der Waals surface area contributed by atoms with E-state index in [4.69, 9.17) is 9.47 Å². The number of carbonyl (C=O) groups excluding carboxylic acids is 3. The largest absolute Gasteiger partial charge is 0.467 e. The van der Waals surface area contributed by atoms with Crippen molar-refractivity contribution in [2.75, 3.05) is 20.8 Å². The Hall–Kier alpha value is -1.83. The Morgan fingerprint density at radius 2 is 1.62 bits per heavy atom. The lowest BCUT2D eigenvalue weighted by molar-refractivity contribution is -0.144. The fraction of sp³-hybridized carbons (Fsp3) is 0.812. The highest BCUT2D eigenvalue weighted by Crippen LogP contribution is 2.15. The minimum Gasteiger partial charge on any atom is -0.467 e. The zero-order chi connectivity index (χ0) is 18.9. The van der Waals surface area contributed by atoms with Gasteiger partial charge in [-0.25, -0.2) is 9.59 Å². The van der Waals surface area contributed by atoms with Gasteiger partial charge < -0.3 is 24.8 Å². The number of rotatable bonds is 9. The van der Waals surface area contributed by atoms with Gasteiger partial charge in [-0.3, -0.25) is 4.79 Å². The van der Waals surface area contributed by atoms with Crippen molar-refractivity contribution in [3.05, 3.63) is 0 Å². The fourth-order valence-electron chi connectivity index (χ4n) is 1.88. The lowest BCUT2D eigenvalue weighted by Gasteiger charge is -2.28. The van der Waals surface area contributed by atoms with Crippen LogP contribution in [0.1, 0.15) is 41.0 Å². The number of carbonyl (C=O) groups is 3. The quantitative estimate of drug-likeness (QED) is 0.609. The summed E-state index contributed by atoms with van der Waals surface area (Å²) >= 11 is 0. The second kappa shape index (κ2) is 10.1. The summed E-state index contributed by atoms with van der Waals surface area (Å²) in [4.78, 5) is 35.7. The van der Waals surface area contributed by atoms with Crippen LogP contribution in [0.3, 0.4) is 0 Å². The van der Waals surface area contributed by atoms with E-state index in [1.54, 1.807) is 34.8 Å². The van der Waals surface area contributed by atoms with Gasteiger partial charge in [-0.05, 0) is 26.7 Å². The summed E-state index contributed by atoms with van der Waals surface area (Å²) in [6, 6.07) is -1.64. The molecule has 0 aromatic rings. The molecule has 0 aromatic carbocycles. The van der Waals surface area contributed by atoms with E-state index in [0.717, 1.165) is 0 Å². The van der Waals surface area contributed by atoms with Crippen LogP contribution in [0.25, 0.3) is 0 Å². The summed E-state index contributed by atoms with van der Waals surface area (Å²) < 4.78 is 14.9. The van der Waals surface area contributed by atoms with Crippen LogP contribution in [0.15, 0.2) is 0 Å². The third-order valence-electron chi connectivity index (χ3n) is 3.41. The topological polar surface area (TPSA) is 103 Å². The van der Waals surface area contributed by atoms with Gasteiger partial charge in [-0.15, -0.1) is 0 Å². The molecule has 0 unspecified atom stereocenters. The second-order valence-corrected chi connectivity index (χ2v) is 6.51. The Bertz CT molecular complexity index is 436. The summed E-state index contributed by atoms with van der Waals surface area (Å²) in [6.45, 7) is 9.04. The van der Waals surface area contributed by atoms with Gasteiger partial charge in [0.25, 0.3) is 0 Å². The molecular weight excluding hydrogens is 316 g/mol. The first kappa shape index (κ1) is 22.2. The van der Waals surface area contributed by atoms with Crippen LogP contribution in [-0.4, -0.2) is 56.5 Å². The second-order valence-electron chi connectivity index (χ2n) is 6.51. The van der Waals surface area contributed by atoms with Crippen LogP contribution in [0, 0.1) is 5.92 Å². The van der Waals surface area contributed by atoms with Crippen molar-refractivity contribution in [3.63, 3.8) is 0 Å². The highest BCUT2D eigenvalue weighted by atomic mass is 16.6. The highest BCUT2D eigenvalue weighted by Gasteiger charge is 2.30. The first-order valence-electron chi connectivity index (χ1n) is 7.90. The predicted molar refractivity (Wildman–Crippen MR) is 88.4 cm³/mol. The molecule has 0 spiro atoms. The molecule has 0 aromatic heterocycles. The van der Waals surface area contributed by atoms with E-state index >= 15 is 0 Å². The Labute approximate surface area is 143 Å². The predicted octanol–water partition coefficient (Wildman–Crippen LogP) is 1.23. The molecule has 2 atom stereocenters. The zero-order valence-electron chi connectivity index (χ0n) is 15.6. The molecule has 24 heavy (non-hydrogen) atoms. The lowest BCUT2D eigenvalue weighted by Crippen LogP contribution is -2.54. The normalized spacial score (nSPS) is 13.8. The highest BCUT2D eigenvalue weighted by molar-refractivity contribution is 5.89. The fourth-order valence-corrected chi connectivity index (χ4v) is 1.88. The zero-order valence-corrected chi connectivity index (χ0v) is 15.6.